The van der Waals surface area contributed by atoms with Gasteiger partial charge in [-0.25, -0.2) is 9.97 Å². The van der Waals surface area contributed by atoms with Crippen LogP contribution < -0.4 is 10.6 Å². The maximum Gasteiger partial charge on any atom is 0.293 e. The van der Waals surface area contributed by atoms with E-state index in [0.717, 1.165) is 16.3 Å². The molecule has 3 aromatic heterocycles. The van der Waals surface area contributed by atoms with Gasteiger partial charge in [0.2, 0.25) is 5.91 Å². The third kappa shape index (κ3) is 4.76. The van der Waals surface area contributed by atoms with Gasteiger partial charge in [-0.3, -0.25) is 14.9 Å². The van der Waals surface area contributed by atoms with Gasteiger partial charge in [0.25, 0.3) is 5.91 Å². The maximum absolute atomic E-state index is 12.4. The molecule has 0 saturated carbocycles. The van der Waals surface area contributed by atoms with Crippen molar-refractivity contribution in [1.82, 2.24) is 9.97 Å². The lowest BCUT2D eigenvalue weighted by atomic mass is 10.1. The number of hydrogen-bond acceptors (Lipinski definition) is 7. The minimum atomic E-state index is -0.380. The Hall–Kier alpha value is -3.30. The highest BCUT2D eigenvalue weighted by atomic mass is 32.1. The van der Waals surface area contributed by atoms with Crippen molar-refractivity contribution < 1.29 is 14.0 Å². The van der Waals surface area contributed by atoms with Gasteiger partial charge >= 0.3 is 0 Å². The lowest BCUT2D eigenvalue weighted by Crippen LogP contribution is -2.15. The largest absolute Gasteiger partial charge is 0.459 e. The number of hydrogen-bond donors (Lipinski definition) is 2. The van der Waals surface area contributed by atoms with Crippen LogP contribution >= 0.6 is 22.7 Å². The number of benzene rings is 1. The molecule has 2 N–H and O–H groups in total. The highest BCUT2D eigenvalue weighted by molar-refractivity contribution is 7.14. The highest BCUT2D eigenvalue weighted by Gasteiger charge is 2.13. The van der Waals surface area contributed by atoms with Gasteiger partial charge in [-0.05, 0) is 31.2 Å². The lowest BCUT2D eigenvalue weighted by Gasteiger charge is -2.06. The third-order valence-corrected chi connectivity index (χ3v) is 5.50. The number of rotatable bonds is 6. The third-order valence-electron chi connectivity index (χ3n) is 3.92. The van der Waals surface area contributed by atoms with Crippen LogP contribution in [0.15, 0.2) is 57.8 Å². The summed E-state index contributed by atoms with van der Waals surface area (Å²) in [5.41, 5.74) is 3.11. The maximum atomic E-state index is 12.4. The van der Waals surface area contributed by atoms with Crippen LogP contribution in [0.4, 0.5) is 10.8 Å². The fourth-order valence-corrected chi connectivity index (χ4v) is 3.96. The van der Waals surface area contributed by atoms with E-state index in [4.69, 9.17) is 4.42 Å². The second-order valence-electron chi connectivity index (χ2n) is 6.13. The van der Waals surface area contributed by atoms with Crippen molar-refractivity contribution >= 4 is 45.3 Å². The van der Waals surface area contributed by atoms with Gasteiger partial charge < -0.3 is 9.73 Å². The van der Waals surface area contributed by atoms with Crippen LogP contribution in [0.1, 0.15) is 21.3 Å². The van der Waals surface area contributed by atoms with E-state index in [9.17, 15) is 9.59 Å². The Morgan fingerprint density at radius 1 is 1.07 bits per heavy atom. The van der Waals surface area contributed by atoms with E-state index in [2.05, 4.69) is 20.6 Å². The van der Waals surface area contributed by atoms with Crippen LogP contribution in [0.2, 0.25) is 0 Å². The molecule has 0 saturated heterocycles. The molecule has 29 heavy (non-hydrogen) atoms. The zero-order valence-corrected chi connectivity index (χ0v) is 17.0. The minimum absolute atomic E-state index is 0.104. The molecule has 4 aromatic rings. The molecule has 4 rings (SSSR count). The van der Waals surface area contributed by atoms with Crippen molar-refractivity contribution in [1.29, 1.82) is 0 Å². The number of furan rings is 1. The van der Waals surface area contributed by atoms with Crippen molar-refractivity contribution in [3.63, 3.8) is 0 Å². The van der Waals surface area contributed by atoms with Crippen molar-refractivity contribution in [3.05, 3.63) is 69.9 Å². The predicted octanol–water partition coefficient (Wildman–Crippen LogP) is 4.60. The average Bonchev–Trinajstić information content (AvgIpc) is 3.44. The molecule has 9 heteroatoms. The number of amides is 2. The topological polar surface area (TPSA) is 97.1 Å². The van der Waals surface area contributed by atoms with Gasteiger partial charge in [-0.2, -0.15) is 0 Å². The smallest absolute Gasteiger partial charge is 0.293 e. The van der Waals surface area contributed by atoms with Crippen molar-refractivity contribution in [2.24, 2.45) is 0 Å². The van der Waals surface area contributed by atoms with Gasteiger partial charge in [0, 0.05) is 22.0 Å². The molecule has 7 nitrogen and oxygen atoms in total. The monoisotopic (exact) mass is 424 g/mol. The first-order valence-corrected chi connectivity index (χ1v) is 10.4. The quantitative estimate of drug-likeness (QED) is 0.471. The number of nitrogens with one attached hydrogen (secondary N) is 2. The SMILES string of the molecule is Cc1nc(-c2cccc(NC(=O)Cc3csc(NC(=O)c4ccco4)n3)c2)cs1. The summed E-state index contributed by atoms with van der Waals surface area (Å²) in [5.74, 6) is -0.366. The lowest BCUT2D eigenvalue weighted by molar-refractivity contribution is -0.115. The molecular weight excluding hydrogens is 408 g/mol. The van der Waals surface area contributed by atoms with Crippen LogP contribution in [-0.4, -0.2) is 21.8 Å². The normalized spacial score (nSPS) is 10.7. The molecule has 0 fully saturated rings. The molecular formula is C20H16N4O3S2. The second-order valence-corrected chi connectivity index (χ2v) is 8.05. The number of carbonyl (C=O) groups is 2. The Bertz CT molecular complexity index is 1150. The van der Waals surface area contributed by atoms with Crippen LogP contribution in [0.25, 0.3) is 11.3 Å². The van der Waals surface area contributed by atoms with E-state index in [0.29, 0.717) is 16.5 Å². The van der Waals surface area contributed by atoms with Crippen molar-refractivity contribution in [2.75, 3.05) is 10.6 Å². The summed E-state index contributed by atoms with van der Waals surface area (Å²) in [6.45, 7) is 1.96. The molecule has 0 bridgehead atoms. The van der Waals surface area contributed by atoms with E-state index >= 15 is 0 Å². The summed E-state index contributed by atoms with van der Waals surface area (Å²) >= 11 is 2.84. The summed E-state index contributed by atoms with van der Waals surface area (Å²) in [4.78, 5) is 33.1. The van der Waals surface area contributed by atoms with Gasteiger partial charge in [0.1, 0.15) is 0 Å². The molecule has 3 heterocycles. The number of thiazole rings is 2. The summed E-state index contributed by atoms with van der Waals surface area (Å²) < 4.78 is 5.05. The Morgan fingerprint density at radius 3 is 2.72 bits per heavy atom. The summed E-state index contributed by atoms with van der Waals surface area (Å²) in [7, 11) is 0. The zero-order valence-electron chi connectivity index (χ0n) is 15.3. The number of nitrogens with zero attached hydrogens (tertiary/aromatic N) is 2. The van der Waals surface area contributed by atoms with Gasteiger partial charge in [-0.15, -0.1) is 22.7 Å². The van der Waals surface area contributed by atoms with Gasteiger partial charge in [0.05, 0.1) is 29.1 Å². The van der Waals surface area contributed by atoms with Gasteiger partial charge in [-0.1, -0.05) is 12.1 Å². The number of aromatic nitrogens is 2. The van der Waals surface area contributed by atoms with Crippen molar-refractivity contribution in [3.8, 4) is 11.3 Å². The zero-order chi connectivity index (χ0) is 20.2. The molecule has 146 valence electrons. The molecule has 0 unspecified atom stereocenters. The standard InChI is InChI=1S/C20H16N4O3S2/c1-12-21-16(11-28-12)13-4-2-5-14(8-13)22-18(25)9-15-10-29-20(23-15)24-19(26)17-6-3-7-27-17/h2-8,10-11H,9H2,1H3,(H,22,25)(H,23,24,26). The Kier molecular flexibility index (Phi) is 5.50. The Labute approximate surface area is 174 Å². The molecule has 0 radical (unpaired) electrons. The fraction of sp³-hybridized carbons (Fsp3) is 0.100. The van der Waals surface area contributed by atoms with E-state index in [1.807, 2.05) is 36.6 Å². The van der Waals surface area contributed by atoms with Crippen LogP contribution in [0.3, 0.4) is 0 Å². The molecule has 0 aliphatic carbocycles. The fourth-order valence-electron chi connectivity index (χ4n) is 2.63. The molecule has 0 aliphatic rings. The summed E-state index contributed by atoms with van der Waals surface area (Å²) in [5, 5.41) is 10.7. The first-order chi connectivity index (χ1) is 14.1. The minimum Gasteiger partial charge on any atom is -0.459 e. The van der Waals surface area contributed by atoms with E-state index in [1.54, 1.807) is 28.8 Å². The number of carbonyl (C=O) groups excluding carboxylic acids is 2. The average molecular weight is 425 g/mol. The molecule has 0 spiro atoms. The number of aryl methyl sites for hydroxylation is 1. The summed E-state index contributed by atoms with van der Waals surface area (Å²) in [6, 6.07) is 10.8. The summed E-state index contributed by atoms with van der Waals surface area (Å²) in [6.07, 6.45) is 1.53. The number of anilines is 2. The van der Waals surface area contributed by atoms with Crippen molar-refractivity contribution in [2.45, 2.75) is 13.3 Å². The van der Waals surface area contributed by atoms with Crippen LogP contribution in [0.5, 0.6) is 0 Å². The van der Waals surface area contributed by atoms with E-state index < -0.39 is 0 Å². The second kappa shape index (κ2) is 8.38. The van der Waals surface area contributed by atoms with Gasteiger partial charge in [0.15, 0.2) is 10.9 Å². The highest BCUT2D eigenvalue weighted by Crippen LogP contribution is 2.24. The van der Waals surface area contributed by atoms with E-state index in [1.165, 1.54) is 17.6 Å². The van der Waals surface area contributed by atoms with Crippen LogP contribution in [-0.2, 0) is 11.2 Å². The first-order valence-electron chi connectivity index (χ1n) is 8.68. The Balaban J connectivity index is 1.37. The molecule has 2 amide bonds. The Morgan fingerprint density at radius 2 is 1.97 bits per heavy atom. The molecule has 1 aromatic carbocycles. The molecule has 0 atom stereocenters. The van der Waals surface area contributed by atoms with Crippen LogP contribution in [0, 0.1) is 6.92 Å². The predicted molar refractivity (Wildman–Crippen MR) is 113 cm³/mol. The molecule has 0 aliphatic heterocycles. The van der Waals surface area contributed by atoms with E-state index in [-0.39, 0.29) is 24.0 Å². The first kappa shape index (κ1) is 19.0.